The van der Waals surface area contributed by atoms with Crippen molar-refractivity contribution in [2.75, 3.05) is 26.6 Å². The molecule has 0 bridgehead atoms. The molecule has 4 rings (SSSR count). The van der Waals surface area contributed by atoms with Crippen molar-refractivity contribution in [1.82, 2.24) is 10.1 Å². The van der Waals surface area contributed by atoms with Crippen molar-refractivity contribution in [2.24, 2.45) is 0 Å². The van der Waals surface area contributed by atoms with Crippen LogP contribution in [0.4, 0.5) is 5.69 Å². The highest BCUT2D eigenvalue weighted by Gasteiger charge is 2.24. The van der Waals surface area contributed by atoms with Crippen molar-refractivity contribution < 1.29 is 23.6 Å². The number of rotatable bonds is 8. The molecule has 0 unspecified atom stereocenters. The average Bonchev–Trinajstić information content (AvgIpc) is 3.46. The molecular formula is C33H34N4O5. The molecule has 216 valence electrons. The lowest BCUT2D eigenvalue weighted by Gasteiger charge is -2.22. The maximum Gasteiger partial charge on any atom is 0.292 e. The topological polar surface area (TPSA) is 118 Å². The molecule has 0 spiro atoms. The summed E-state index contributed by atoms with van der Waals surface area (Å²) in [6.07, 6.45) is 0. The number of methoxy groups -OCH3 is 2. The molecule has 0 saturated heterocycles. The number of ether oxygens (including phenoxy) is 2. The van der Waals surface area contributed by atoms with Crippen LogP contribution in [0.5, 0.6) is 11.5 Å². The van der Waals surface area contributed by atoms with Gasteiger partial charge >= 0.3 is 0 Å². The van der Waals surface area contributed by atoms with Gasteiger partial charge in [0.25, 0.3) is 11.8 Å². The van der Waals surface area contributed by atoms with Crippen molar-refractivity contribution in [3.05, 3.63) is 94.2 Å². The van der Waals surface area contributed by atoms with E-state index in [1.807, 2.05) is 58.0 Å². The first-order valence-electron chi connectivity index (χ1n) is 13.3. The second kappa shape index (κ2) is 12.2. The molecule has 1 N–H and O–H groups in total. The molecule has 0 aliphatic carbocycles. The number of hydrogen-bond donors (Lipinski definition) is 1. The SMILES string of the molecule is COc1cccc(CN(C)C(=O)c2cc(-c3cc(NC(=O)c4cc(C(C)(C)C)cc(C#N)c4OC)ccc3C)no2)c1. The number of carbonyl (C=O) groups is 2. The van der Waals surface area contributed by atoms with E-state index < -0.39 is 5.91 Å². The third-order valence-electron chi connectivity index (χ3n) is 6.92. The van der Waals surface area contributed by atoms with E-state index >= 15 is 0 Å². The molecule has 3 aromatic carbocycles. The maximum absolute atomic E-state index is 13.4. The van der Waals surface area contributed by atoms with Gasteiger partial charge in [-0.25, -0.2) is 0 Å². The fraction of sp³-hybridized carbons (Fsp3) is 0.273. The number of aromatic nitrogens is 1. The van der Waals surface area contributed by atoms with Crippen molar-refractivity contribution in [3.63, 3.8) is 0 Å². The lowest BCUT2D eigenvalue weighted by molar-refractivity contribution is 0.0743. The molecule has 1 heterocycles. The number of aryl methyl sites for hydroxylation is 1. The van der Waals surface area contributed by atoms with Crippen LogP contribution in [0.2, 0.25) is 0 Å². The molecule has 0 radical (unpaired) electrons. The lowest BCUT2D eigenvalue weighted by Crippen LogP contribution is -2.25. The van der Waals surface area contributed by atoms with Crippen LogP contribution in [0.25, 0.3) is 11.3 Å². The van der Waals surface area contributed by atoms with E-state index in [1.54, 1.807) is 44.5 Å². The lowest BCUT2D eigenvalue weighted by atomic mass is 9.84. The first-order valence-corrected chi connectivity index (χ1v) is 13.3. The van der Waals surface area contributed by atoms with Gasteiger partial charge in [-0.1, -0.05) is 44.1 Å². The number of hydrogen-bond acceptors (Lipinski definition) is 7. The second-order valence-corrected chi connectivity index (χ2v) is 11.0. The van der Waals surface area contributed by atoms with Gasteiger partial charge in [-0.15, -0.1) is 0 Å². The van der Waals surface area contributed by atoms with Crippen LogP contribution in [0.3, 0.4) is 0 Å². The molecule has 0 aliphatic rings. The minimum Gasteiger partial charge on any atom is -0.497 e. The largest absolute Gasteiger partial charge is 0.497 e. The zero-order valence-electron chi connectivity index (χ0n) is 24.9. The number of carbonyl (C=O) groups excluding carboxylic acids is 2. The monoisotopic (exact) mass is 566 g/mol. The highest BCUT2D eigenvalue weighted by Crippen LogP contribution is 2.33. The van der Waals surface area contributed by atoms with Crippen LogP contribution in [0.1, 0.15) is 63.9 Å². The molecule has 0 atom stereocenters. The molecule has 0 aliphatic heterocycles. The Morgan fingerprint density at radius 3 is 2.48 bits per heavy atom. The van der Waals surface area contributed by atoms with Gasteiger partial charge in [-0.2, -0.15) is 5.26 Å². The number of anilines is 1. The third kappa shape index (κ3) is 6.44. The summed E-state index contributed by atoms with van der Waals surface area (Å²) in [6.45, 7) is 8.30. The fourth-order valence-corrected chi connectivity index (χ4v) is 4.52. The molecule has 4 aromatic rings. The number of nitrogens with one attached hydrogen (secondary N) is 1. The van der Waals surface area contributed by atoms with Crippen molar-refractivity contribution in [1.29, 1.82) is 5.26 Å². The number of amides is 2. The molecule has 42 heavy (non-hydrogen) atoms. The Hall–Kier alpha value is -5.10. The number of nitrogens with zero attached hydrogens (tertiary/aromatic N) is 3. The Morgan fingerprint density at radius 1 is 1.05 bits per heavy atom. The van der Waals surface area contributed by atoms with Gasteiger partial charge in [0.15, 0.2) is 0 Å². The van der Waals surface area contributed by atoms with Gasteiger partial charge in [-0.3, -0.25) is 9.59 Å². The predicted molar refractivity (Wildman–Crippen MR) is 160 cm³/mol. The Morgan fingerprint density at radius 2 is 1.81 bits per heavy atom. The summed E-state index contributed by atoms with van der Waals surface area (Å²) < 4.78 is 16.1. The molecule has 2 amide bonds. The minimum absolute atomic E-state index is 0.0944. The average molecular weight is 567 g/mol. The van der Waals surface area contributed by atoms with Gasteiger partial charge < -0.3 is 24.2 Å². The number of benzene rings is 3. The normalized spacial score (nSPS) is 11.0. The molecule has 9 heteroatoms. The van der Waals surface area contributed by atoms with Crippen molar-refractivity contribution >= 4 is 17.5 Å². The molecule has 0 fully saturated rings. The summed E-state index contributed by atoms with van der Waals surface area (Å²) in [7, 11) is 4.72. The van der Waals surface area contributed by atoms with E-state index in [2.05, 4.69) is 16.5 Å². The van der Waals surface area contributed by atoms with Crippen molar-refractivity contribution in [3.8, 4) is 28.8 Å². The van der Waals surface area contributed by atoms with Gasteiger partial charge in [0, 0.05) is 30.9 Å². The van der Waals surface area contributed by atoms with Crippen LogP contribution in [0, 0.1) is 18.3 Å². The molecule has 1 aromatic heterocycles. The molecular weight excluding hydrogens is 532 g/mol. The van der Waals surface area contributed by atoms with E-state index in [9.17, 15) is 14.9 Å². The fourth-order valence-electron chi connectivity index (χ4n) is 4.52. The van der Waals surface area contributed by atoms with Crippen LogP contribution >= 0.6 is 0 Å². The van der Waals surface area contributed by atoms with Gasteiger partial charge in [0.05, 0.1) is 25.3 Å². The van der Waals surface area contributed by atoms with Gasteiger partial charge in [-0.05, 0) is 65.4 Å². The highest BCUT2D eigenvalue weighted by atomic mass is 16.5. The summed E-state index contributed by atoms with van der Waals surface area (Å²) in [4.78, 5) is 28.1. The van der Waals surface area contributed by atoms with Crippen LogP contribution < -0.4 is 14.8 Å². The van der Waals surface area contributed by atoms with E-state index in [-0.39, 0.29) is 34.0 Å². The Balaban J connectivity index is 1.57. The van der Waals surface area contributed by atoms with Crippen LogP contribution in [-0.4, -0.2) is 43.1 Å². The van der Waals surface area contributed by atoms with E-state index in [0.717, 1.165) is 16.7 Å². The molecule has 0 saturated carbocycles. The van der Waals surface area contributed by atoms with Crippen LogP contribution in [0.15, 0.2) is 65.2 Å². The molecule has 9 nitrogen and oxygen atoms in total. The number of nitriles is 1. The zero-order valence-corrected chi connectivity index (χ0v) is 24.9. The standard InChI is InChI=1S/C33H34N4O5/c1-20-11-12-24(35-31(38)27-15-23(33(2,3)4)14-22(18-34)30(27)41-7)16-26(20)28-17-29(42-36-28)32(39)37(5)19-21-9-8-10-25(13-21)40-6/h8-17H,19H2,1-7H3,(H,35,38). The quantitative estimate of drug-likeness (QED) is 0.264. The van der Waals surface area contributed by atoms with E-state index in [0.29, 0.717) is 29.2 Å². The zero-order chi connectivity index (χ0) is 30.6. The van der Waals surface area contributed by atoms with E-state index in [1.165, 1.54) is 12.0 Å². The summed E-state index contributed by atoms with van der Waals surface area (Å²) in [6, 6.07) is 20.1. The van der Waals surface area contributed by atoms with Crippen molar-refractivity contribution in [2.45, 2.75) is 39.7 Å². The van der Waals surface area contributed by atoms with E-state index in [4.69, 9.17) is 14.0 Å². The minimum atomic E-state index is -0.417. The summed E-state index contributed by atoms with van der Waals surface area (Å²) in [5.74, 6) is 0.283. The van der Waals surface area contributed by atoms with Gasteiger partial charge in [0.1, 0.15) is 23.3 Å². The Labute approximate surface area is 245 Å². The Bertz CT molecular complexity index is 1680. The van der Waals surface area contributed by atoms with Crippen LogP contribution in [-0.2, 0) is 12.0 Å². The van der Waals surface area contributed by atoms with Gasteiger partial charge in [0.2, 0.25) is 5.76 Å². The predicted octanol–water partition coefficient (Wildman–Crippen LogP) is 6.36. The third-order valence-corrected chi connectivity index (χ3v) is 6.92. The summed E-state index contributed by atoms with van der Waals surface area (Å²) in [5.41, 5.74) is 4.56. The second-order valence-electron chi connectivity index (χ2n) is 11.0. The highest BCUT2D eigenvalue weighted by molar-refractivity contribution is 6.07. The first kappa shape index (κ1) is 29.9. The summed E-state index contributed by atoms with van der Waals surface area (Å²) in [5, 5.41) is 16.7. The summed E-state index contributed by atoms with van der Waals surface area (Å²) >= 11 is 0. The Kier molecular flexibility index (Phi) is 8.67. The first-order chi connectivity index (χ1) is 19.9. The smallest absolute Gasteiger partial charge is 0.292 e. The maximum atomic E-state index is 13.4.